The Morgan fingerprint density at radius 1 is 1.44 bits per heavy atom. The zero-order valence-corrected chi connectivity index (χ0v) is 10.4. The minimum Gasteiger partial charge on any atom is -0.479 e. The van der Waals surface area contributed by atoms with Crippen molar-refractivity contribution in [3.63, 3.8) is 0 Å². The van der Waals surface area contributed by atoms with Gasteiger partial charge in [0.2, 0.25) is 5.91 Å². The Bertz CT molecular complexity index is 297. The molecule has 0 aromatic carbocycles. The molecule has 0 aliphatic carbocycles. The van der Waals surface area contributed by atoms with Crippen LogP contribution in [-0.4, -0.2) is 60.5 Å². The molecule has 0 bridgehead atoms. The number of aliphatic hydroxyl groups excluding tert-OH is 1. The number of carbonyl (C=O) groups is 2. The molecule has 18 heavy (non-hydrogen) atoms. The molecule has 1 aliphatic rings. The highest BCUT2D eigenvalue weighted by Gasteiger charge is 2.33. The van der Waals surface area contributed by atoms with Crippen LogP contribution in [0.5, 0.6) is 0 Å². The Balaban J connectivity index is 2.29. The number of likely N-dealkylation sites (N-methyl/N-ethyl adjacent to an activating group) is 1. The molecule has 0 aromatic rings. The number of amides is 1. The smallest absolute Gasteiger partial charge is 0.332 e. The van der Waals surface area contributed by atoms with Gasteiger partial charge < -0.3 is 25.6 Å². The third kappa shape index (κ3) is 4.25. The molecule has 7 heteroatoms. The summed E-state index contributed by atoms with van der Waals surface area (Å²) in [6.07, 6.45) is -1.43. The first kappa shape index (κ1) is 14.9. The summed E-state index contributed by atoms with van der Waals surface area (Å²) >= 11 is 0. The summed E-state index contributed by atoms with van der Waals surface area (Å²) in [6, 6.07) is -0.000558. The summed E-state index contributed by atoms with van der Waals surface area (Å²) in [5.41, 5.74) is 0. The fraction of sp³-hybridized carbons (Fsp3) is 0.818. The van der Waals surface area contributed by atoms with Crippen LogP contribution in [0, 0.1) is 5.92 Å². The highest BCUT2D eigenvalue weighted by atomic mass is 16.5. The molecule has 0 aromatic heterocycles. The molecule has 1 rings (SSSR count). The van der Waals surface area contributed by atoms with Gasteiger partial charge in [0.05, 0.1) is 19.1 Å². The predicted molar refractivity (Wildman–Crippen MR) is 63.0 cm³/mol. The van der Waals surface area contributed by atoms with E-state index < -0.39 is 12.1 Å². The largest absolute Gasteiger partial charge is 0.479 e. The number of aliphatic carboxylic acids is 1. The SMILES string of the molecule is CCNC1COCC1C(=O)NCCC(O)C(=O)O. The lowest BCUT2D eigenvalue weighted by Gasteiger charge is -2.18. The van der Waals surface area contributed by atoms with Gasteiger partial charge in [0.15, 0.2) is 6.10 Å². The van der Waals surface area contributed by atoms with E-state index in [1.807, 2.05) is 6.92 Å². The van der Waals surface area contributed by atoms with E-state index in [0.717, 1.165) is 6.54 Å². The van der Waals surface area contributed by atoms with Gasteiger partial charge >= 0.3 is 5.97 Å². The molecule has 3 atom stereocenters. The molecule has 7 nitrogen and oxygen atoms in total. The van der Waals surface area contributed by atoms with Crippen LogP contribution in [0.25, 0.3) is 0 Å². The monoisotopic (exact) mass is 260 g/mol. The van der Waals surface area contributed by atoms with Crippen LogP contribution in [0.3, 0.4) is 0 Å². The van der Waals surface area contributed by atoms with Crippen LogP contribution < -0.4 is 10.6 Å². The van der Waals surface area contributed by atoms with Crippen molar-refractivity contribution in [3.05, 3.63) is 0 Å². The fourth-order valence-electron chi connectivity index (χ4n) is 1.86. The molecule has 1 amide bonds. The first-order valence-electron chi connectivity index (χ1n) is 6.06. The Morgan fingerprint density at radius 2 is 2.17 bits per heavy atom. The number of carboxylic acids is 1. The number of hydrogen-bond donors (Lipinski definition) is 4. The average Bonchev–Trinajstić information content (AvgIpc) is 2.77. The number of hydrogen-bond acceptors (Lipinski definition) is 5. The van der Waals surface area contributed by atoms with Crippen LogP contribution in [-0.2, 0) is 14.3 Å². The fourth-order valence-corrected chi connectivity index (χ4v) is 1.86. The lowest BCUT2D eigenvalue weighted by Crippen LogP contribution is -2.44. The quantitative estimate of drug-likeness (QED) is 0.446. The van der Waals surface area contributed by atoms with Crippen molar-refractivity contribution in [1.29, 1.82) is 0 Å². The van der Waals surface area contributed by atoms with Gasteiger partial charge in [-0.3, -0.25) is 4.79 Å². The van der Waals surface area contributed by atoms with E-state index in [1.165, 1.54) is 0 Å². The molecule has 1 fully saturated rings. The van der Waals surface area contributed by atoms with Gasteiger partial charge in [-0.15, -0.1) is 0 Å². The highest BCUT2D eigenvalue weighted by molar-refractivity contribution is 5.80. The number of rotatable bonds is 7. The van der Waals surface area contributed by atoms with Crippen molar-refractivity contribution in [1.82, 2.24) is 10.6 Å². The minimum atomic E-state index is -1.44. The van der Waals surface area contributed by atoms with E-state index in [0.29, 0.717) is 13.2 Å². The maximum absolute atomic E-state index is 11.8. The van der Waals surface area contributed by atoms with Crippen molar-refractivity contribution >= 4 is 11.9 Å². The molecule has 1 saturated heterocycles. The molecular formula is C11H20N2O5. The standard InChI is InChI=1S/C11H20N2O5/c1-2-12-8-6-18-5-7(8)10(15)13-4-3-9(14)11(16)17/h7-9,12,14H,2-6H2,1H3,(H,13,15)(H,16,17). The Morgan fingerprint density at radius 3 is 2.78 bits per heavy atom. The zero-order valence-electron chi connectivity index (χ0n) is 10.4. The van der Waals surface area contributed by atoms with Crippen molar-refractivity contribution in [2.24, 2.45) is 5.92 Å². The predicted octanol–water partition coefficient (Wildman–Crippen LogP) is -1.44. The van der Waals surface area contributed by atoms with E-state index in [4.69, 9.17) is 14.9 Å². The molecule has 0 saturated carbocycles. The van der Waals surface area contributed by atoms with Gasteiger partial charge in [0, 0.05) is 19.0 Å². The van der Waals surface area contributed by atoms with E-state index in [-0.39, 0.29) is 30.8 Å². The van der Waals surface area contributed by atoms with Crippen molar-refractivity contribution < 1.29 is 24.5 Å². The van der Waals surface area contributed by atoms with E-state index in [9.17, 15) is 9.59 Å². The Kier molecular flexibility index (Phi) is 6.03. The number of aliphatic hydroxyl groups is 1. The highest BCUT2D eigenvalue weighted by Crippen LogP contribution is 2.13. The van der Waals surface area contributed by atoms with Crippen molar-refractivity contribution in [2.75, 3.05) is 26.3 Å². The lowest BCUT2D eigenvalue weighted by atomic mass is 10.0. The number of ether oxygens (including phenoxy) is 1. The van der Waals surface area contributed by atoms with Crippen LogP contribution in [0.1, 0.15) is 13.3 Å². The number of carbonyl (C=O) groups excluding carboxylic acids is 1. The summed E-state index contributed by atoms with van der Waals surface area (Å²) in [7, 11) is 0. The van der Waals surface area contributed by atoms with E-state index in [2.05, 4.69) is 10.6 Å². The molecular weight excluding hydrogens is 240 g/mol. The van der Waals surface area contributed by atoms with E-state index >= 15 is 0 Å². The van der Waals surface area contributed by atoms with Crippen LogP contribution >= 0.6 is 0 Å². The molecule has 104 valence electrons. The van der Waals surface area contributed by atoms with Crippen molar-refractivity contribution in [3.8, 4) is 0 Å². The Labute approximate surface area is 106 Å². The Hall–Kier alpha value is -1.18. The van der Waals surface area contributed by atoms with Gasteiger partial charge in [0.25, 0.3) is 0 Å². The number of carboxylic acid groups (broad SMARTS) is 1. The molecule has 0 radical (unpaired) electrons. The van der Waals surface area contributed by atoms with Gasteiger partial charge in [-0.2, -0.15) is 0 Å². The maximum Gasteiger partial charge on any atom is 0.332 e. The van der Waals surface area contributed by atoms with Gasteiger partial charge in [-0.05, 0) is 6.54 Å². The van der Waals surface area contributed by atoms with Crippen LogP contribution in [0.15, 0.2) is 0 Å². The van der Waals surface area contributed by atoms with Gasteiger partial charge in [-0.1, -0.05) is 6.92 Å². The van der Waals surface area contributed by atoms with Crippen LogP contribution in [0.4, 0.5) is 0 Å². The van der Waals surface area contributed by atoms with Gasteiger partial charge in [0.1, 0.15) is 0 Å². The second kappa shape index (κ2) is 7.30. The summed E-state index contributed by atoms with van der Waals surface area (Å²) in [4.78, 5) is 22.2. The maximum atomic E-state index is 11.8. The summed E-state index contributed by atoms with van der Waals surface area (Å²) < 4.78 is 5.24. The molecule has 1 aliphatic heterocycles. The third-order valence-electron chi connectivity index (χ3n) is 2.89. The van der Waals surface area contributed by atoms with E-state index in [1.54, 1.807) is 0 Å². The summed E-state index contributed by atoms with van der Waals surface area (Å²) in [5, 5.41) is 23.3. The summed E-state index contributed by atoms with van der Waals surface area (Å²) in [5.74, 6) is -1.71. The van der Waals surface area contributed by atoms with Gasteiger partial charge in [-0.25, -0.2) is 4.79 Å². The lowest BCUT2D eigenvalue weighted by molar-refractivity contribution is -0.147. The summed E-state index contributed by atoms with van der Waals surface area (Å²) in [6.45, 7) is 3.72. The first-order chi connectivity index (χ1) is 8.56. The normalized spacial score (nSPS) is 24.8. The third-order valence-corrected chi connectivity index (χ3v) is 2.89. The van der Waals surface area contributed by atoms with Crippen molar-refractivity contribution in [2.45, 2.75) is 25.5 Å². The molecule has 1 heterocycles. The minimum absolute atomic E-state index is 0.000519. The number of nitrogens with one attached hydrogen (secondary N) is 2. The average molecular weight is 260 g/mol. The second-order valence-electron chi connectivity index (χ2n) is 4.24. The molecule has 4 N–H and O–H groups in total. The molecule has 3 unspecified atom stereocenters. The molecule has 0 spiro atoms. The van der Waals surface area contributed by atoms with Crippen LogP contribution in [0.2, 0.25) is 0 Å². The second-order valence-corrected chi connectivity index (χ2v) is 4.24. The topological polar surface area (TPSA) is 108 Å². The zero-order chi connectivity index (χ0) is 13.5. The first-order valence-corrected chi connectivity index (χ1v) is 6.06.